The molecule has 16 nitrogen and oxygen atoms in total. The SMILES string of the molecule is Nc1nc2c(ncn2[C@@H]2O[C@H](CO)C[C@H]2P(=O)(S)OCC[C@H]2O[C@@H](n3ccc4c(=O)[nH]cnc43)C[C@@H]2O)c(=O)[nH]1. The Kier molecular flexibility index (Phi) is 7.06. The van der Waals surface area contributed by atoms with Crippen molar-refractivity contribution in [3.63, 3.8) is 0 Å². The Labute approximate surface area is 230 Å². The van der Waals surface area contributed by atoms with Gasteiger partial charge in [-0.3, -0.25) is 23.7 Å². The van der Waals surface area contributed by atoms with E-state index in [1.54, 1.807) is 16.8 Å². The average molecular weight is 595 g/mol. The molecule has 6 N–H and O–H groups in total. The van der Waals surface area contributed by atoms with E-state index in [0.717, 1.165) is 0 Å². The van der Waals surface area contributed by atoms with Crippen LogP contribution in [0.1, 0.15) is 31.7 Å². The normalized spacial score (nSPS) is 28.5. The summed E-state index contributed by atoms with van der Waals surface area (Å²) in [5.41, 5.74) is 4.67. The van der Waals surface area contributed by atoms with Gasteiger partial charge in [0.25, 0.3) is 17.7 Å². The third kappa shape index (κ3) is 4.76. The number of hydrogen-bond acceptors (Lipinski definition) is 12. The number of fused-ring (bicyclic) bond motifs is 2. The number of aliphatic hydroxyl groups is 2. The van der Waals surface area contributed by atoms with Gasteiger partial charge in [-0.2, -0.15) is 4.98 Å². The molecular weight excluding hydrogens is 567 g/mol. The van der Waals surface area contributed by atoms with Crippen LogP contribution in [-0.2, 0) is 18.6 Å². The van der Waals surface area contributed by atoms with E-state index in [9.17, 15) is 24.4 Å². The summed E-state index contributed by atoms with van der Waals surface area (Å²) in [6.07, 6.45) is 1.33. The third-order valence-corrected chi connectivity index (χ3v) is 10.3. The molecule has 214 valence electrons. The summed E-state index contributed by atoms with van der Waals surface area (Å²) in [6.45, 7) is -4.08. The summed E-state index contributed by atoms with van der Waals surface area (Å²) in [6, 6.07) is 1.63. The maximum atomic E-state index is 13.7. The lowest BCUT2D eigenvalue weighted by atomic mass is 10.1. The number of nitrogens with two attached hydrogens (primary N) is 1. The Morgan fingerprint density at radius 3 is 2.83 bits per heavy atom. The first kappa shape index (κ1) is 27.1. The van der Waals surface area contributed by atoms with Crippen molar-refractivity contribution >= 4 is 47.0 Å². The number of nitrogens with zero attached hydrogens (tertiary/aromatic N) is 5. The highest BCUT2D eigenvalue weighted by Gasteiger charge is 2.47. The van der Waals surface area contributed by atoms with E-state index in [0.29, 0.717) is 11.0 Å². The van der Waals surface area contributed by atoms with Crippen molar-refractivity contribution in [1.29, 1.82) is 0 Å². The van der Waals surface area contributed by atoms with Crippen molar-refractivity contribution in [3.8, 4) is 0 Å². The van der Waals surface area contributed by atoms with E-state index in [4.69, 9.17) is 19.7 Å². The number of rotatable bonds is 8. The predicted octanol–water partition coefficient (Wildman–Crippen LogP) is 0.266. The minimum atomic E-state index is -3.69. The standard InChI is InChI=1S/C22H27N8O8PS/c23-22-27-18-16(20(34)28-22)26-9-30(18)21-14(5-10(7-31)37-21)39(35,40)36-4-2-13-12(32)6-15(38-13)29-3-1-11-17(29)24-8-25-19(11)33/h1,3,8-10,12-15,21,31-32H,2,4-7H2,(H,35,40)(H,24,25,33)(H3,23,27,28,34)/t10-,12-,13+,14+,15+,21+,39?/m0/s1. The average Bonchev–Trinajstić information content (AvgIpc) is 3.69. The number of H-pyrrole nitrogens is 2. The fraction of sp³-hybridized carbons (Fsp3) is 0.500. The third-order valence-electron chi connectivity index (χ3n) is 7.22. The molecule has 0 aliphatic carbocycles. The fourth-order valence-corrected chi connectivity index (χ4v) is 7.74. The van der Waals surface area contributed by atoms with Crippen molar-refractivity contribution in [3.05, 3.63) is 45.6 Å². The molecule has 6 rings (SSSR count). The molecule has 0 saturated carbocycles. The van der Waals surface area contributed by atoms with Crippen molar-refractivity contribution < 1.29 is 28.8 Å². The molecule has 2 aliphatic heterocycles. The number of aliphatic hydroxyl groups excluding tert-OH is 2. The van der Waals surface area contributed by atoms with E-state index in [1.165, 1.54) is 17.2 Å². The van der Waals surface area contributed by atoms with Gasteiger partial charge in [-0.05, 0) is 12.5 Å². The Morgan fingerprint density at radius 1 is 1.20 bits per heavy atom. The molecule has 4 aromatic rings. The lowest BCUT2D eigenvalue weighted by Gasteiger charge is -2.25. The van der Waals surface area contributed by atoms with Crippen LogP contribution >= 0.6 is 18.8 Å². The Balaban J connectivity index is 1.15. The van der Waals surface area contributed by atoms with Gasteiger partial charge >= 0.3 is 0 Å². The van der Waals surface area contributed by atoms with Gasteiger partial charge in [0.2, 0.25) is 5.95 Å². The molecule has 40 heavy (non-hydrogen) atoms. The molecule has 0 radical (unpaired) electrons. The molecule has 0 bridgehead atoms. The largest absolute Gasteiger partial charge is 0.394 e. The molecule has 2 aliphatic rings. The van der Waals surface area contributed by atoms with Crippen LogP contribution in [0, 0.1) is 0 Å². The summed E-state index contributed by atoms with van der Waals surface area (Å²) in [7, 11) is 0. The van der Waals surface area contributed by atoms with Crippen LogP contribution in [-0.4, -0.2) is 81.5 Å². The maximum Gasteiger partial charge on any atom is 0.280 e. The number of anilines is 1. The molecule has 18 heteroatoms. The van der Waals surface area contributed by atoms with Gasteiger partial charge < -0.3 is 39.5 Å². The number of aromatic nitrogens is 7. The Morgan fingerprint density at radius 2 is 2.02 bits per heavy atom. The topological polar surface area (TPSA) is 225 Å². The minimum Gasteiger partial charge on any atom is -0.394 e. The van der Waals surface area contributed by atoms with E-state index in [2.05, 4.69) is 37.2 Å². The number of nitrogen functional groups attached to an aromatic ring is 1. The van der Waals surface area contributed by atoms with Gasteiger partial charge in [0.15, 0.2) is 11.2 Å². The first-order valence-corrected chi connectivity index (χ1v) is 15.3. The number of hydrogen-bond donors (Lipinski definition) is 6. The van der Waals surface area contributed by atoms with Crippen LogP contribution in [0.3, 0.4) is 0 Å². The molecule has 0 spiro atoms. The zero-order chi connectivity index (χ0) is 28.2. The number of nitrogens with one attached hydrogen (secondary N) is 2. The fourth-order valence-electron chi connectivity index (χ4n) is 5.28. The van der Waals surface area contributed by atoms with Crippen molar-refractivity contribution in [2.45, 2.75) is 55.7 Å². The van der Waals surface area contributed by atoms with Gasteiger partial charge in [0.05, 0.1) is 55.2 Å². The molecule has 6 heterocycles. The second kappa shape index (κ2) is 10.4. The number of thiol groups is 1. The van der Waals surface area contributed by atoms with E-state index < -0.39 is 48.6 Å². The Hall–Kier alpha value is -3.05. The van der Waals surface area contributed by atoms with E-state index >= 15 is 0 Å². The zero-order valence-electron chi connectivity index (χ0n) is 20.9. The summed E-state index contributed by atoms with van der Waals surface area (Å²) in [5.74, 6) is -0.123. The van der Waals surface area contributed by atoms with E-state index in [-0.39, 0.29) is 55.1 Å². The molecular formula is C22H27N8O8PS. The van der Waals surface area contributed by atoms with Gasteiger partial charge in [-0.25, -0.2) is 9.97 Å². The lowest BCUT2D eigenvalue weighted by molar-refractivity contribution is -0.0265. The van der Waals surface area contributed by atoms with Crippen LogP contribution in [0.2, 0.25) is 0 Å². The highest BCUT2D eigenvalue weighted by molar-refractivity contribution is 8.46. The summed E-state index contributed by atoms with van der Waals surface area (Å²) in [4.78, 5) is 41.5. The smallest absolute Gasteiger partial charge is 0.280 e. The summed E-state index contributed by atoms with van der Waals surface area (Å²) >= 11 is 4.38. The number of aromatic amines is 2. The summed E-state index contributed by atoms with van der Waals surface area (Å²) < 4.78 is 34.6. The van der Waals surface area contributed by atoms with Crippen LogP contribution in [0.15, 0.2) is 34.5 Å². The van der Waals surface area contributed by atoms with Gasteiger partial charge in [0.1, 0.15) is 18.1 Å². The van der Waals surface area contributed by atoms with Gasteiger partial charge in [0, 0.05) is 19.0 Å². The highest BCUT2D eigenvalue weighted by Crippen LogP contribution is 2.63. The molecule has 4 aromatic heterocycles. The molecule has 2 saturated heterocycles. The Bertz CT molecular complexity index is 1720. The zero-order valence-corrected chi connectivity index (χ0v) is 22.6. The van der Waals surface area contributed by atoms with Gasteiger partial charge in [-0.1, -0.05) is 12.2 Å². The molecule has 1 unspecified atom stereocenters. The van der Waals surface area contributed by atoms with Crippen molar-refractivity contribution in [2.24, 2.45) is 0 Å². The van der Waals surface area contributed by atoms with Crippen LogP contribution in [0.4, 0.5) is 5.95 Å². The number of imidazole rings is 1. The predicted molar refractivity (Wildman–Crippen MR) is 144 cm³/mol. The van der Waals surface area contributed by atoms with E-state index in [1.807, 2.05) is 0 Å². The molecule has 7 atom stereocenters. The monoisotopic (exact) mass is 594 g/mol. The maximum absolute atomic E-state index is 13.7. The van der Waals surface area contributed by atoms with Crippen LogP contribution in [0.5, 0.6) is 0 Å². The highest BCUT2D eigenvalue weighted by atomic mass is 32.7. The first-order chi connectivity index (χ1) is 19.2. The van der Waals surface area contributed by atoms with Crippen LogP contribution in [0.25, 0.3) is 22.2 Å². The second-order valence-corrected chi connectivity index (χ2v) is 13.4. The second-order valence-electron chi connectivity index (χ2n) is 9.72. The molecule has 0 aromatic carbocycles. The van der Waals surface area contributed by atoms with Crippen molar-refractivity contribution in [2.75, 3.05) is 18.9 Å². The molecule has 2 fully saturated rings. The first-order valence-electron chi connectivity index (χ1n) is 12.5. The number of ether oxygens (including phenoxy) is 2. The summed E-state index contributed by atoms with van der Waals surface area (Å²) in [5, 5.41) is 20.8. The lowest BCUT2D eigenvalue weighted by Crippen LogP contribution is -2.24. The molecule has 0 amide bonds. The van der Waals surface area contributed by atoms with Crippen LogP contribution < -0.4 is 16.9 Å². The minimum absolute atomic E-state index is 0.0242. The van der Waals surface area contributed by atoms with Gasteiger partial charge in [-0.15, -0.1) is 0 Å². The van der Waals surface area contributed by atoms with Crippen molar-refractivity contribution in [1.82, 2.24) is 34.1 Å². The quantitative estimate of drug-likeness (QED) is 0.119.